The van der Waals surface area contributed by atoms with E-state index >= 15 is 0 Å². The summed E-state index contributed by atoms with van der Waals surface area (Å²) in [6.45, 7) is 0. The highest BCUT2D eigenvalue weighted by molar-refractivity contribution is 7.18. The van der Waals surface area contributed by atoms with Crippen LogP contribution in [0.5, 0.6) is 0 Å². The van der Waals surface area contributed by atoms with Crippen LogP contribution in [-0.4, -0.2) is 15.1 Å². The zero-order valence-electron chi connectivity index (χ0n) is 9.95. The molecule has 0 saturated carbocycles. The molecule has 1 N–H and O–H groups in total. The van der Waals surface area contributed by atoms with Crippen molar-refractivity contribution in [3.63, 3.8) is 0 Å². The summed E-state index contributed by atoms with van der Waals surface area (Å²) in [7, 11) is 0. The molecule has 0 aliphatic carbocycles. The molecule has 1 unspecified atom stereocenters. The minimum absolute atomic E-state index is 0.0711. The van der Waals surface area contributed by atoms with Crippen LogP contribution in [0.25, 0.3) is 10.2 Å². The van der Waals surface area contributed by atoms with Crippen molar-refractivity contribution in [3.05, 3.63) is 59.1 Å². The van der Waals surface area contributed by atoms with Crippen LogP contribution in [0, 0.1) is 5.82 Å². The van der Waals surface area contributed by atoms with Crippen LogP contribution < -0.4 is 0 Å². The standard InChI is InChI=1S/C14H11FN2OS/c15-9-4-3-7-16-14(9)11(18)8-13-17-10-5-1-2-6-12(10)19-13/h1-7,11,18H,8H2. The number of hydrogen-bond donors (Lipinski definition) is 1. The first kappa shape index (κ1) is 12.2. The van der Waals surface area contributed by atoms with Gasteiger partial charge in [-0.05, 0) is 24.3 Å². The van der Waals surface area contributed by atoms with Gasteiger partial charge < -0.3 is 5.11 Å². The monoisotopic (exact) mass is 274 g/mol. The summed E-state index contributed by atoms with van der Waals surface area (Å²) in [4.78, 5) is 8.30. The molecule has 19 heavy (non-hydrogen) atoms. The van der Waals surface area contributed by atoms with Crippen LogP contribution in [0.3, 0.4) is 0 Å². The first-order chi connectivity index (χ1) is 9.24. The lowest BCUT2D eigenvalue weighted by Gasteiger charge is -2.08. The number of hydrogen-bond acceptors (Lipinski definition) is 4. The Morgan fingerprint density at radius 1 is 1.21 bits per heavy atom. The molecule has 2 aromatic heterocycles. The molecule has 3 nitrogen and oxygen atoms in total. The topological polar surface area (TPSA) is 46.0 Å². The van der Waals surface area contributed by atoms with Gasteiger partial charge in [0, 0.05) is 12.6 Å². The van der Waals surface area contributed by atoms with Crippen LogP contribution in [0.15, 0.2) is 42.6 Å². The number of aliphatic hydroxyl groups excluding tert-OH is 1. The molecule has 0 saturated heterocycles. The second-order valence-electron chi connectivity index (χ2n) is 4.17. The summed E-state index contributed by atoms with van der Waals surface area (Å²) in [5.74, 6) is -0.490. The Balaban J connectivity index is 1.86. The summed E-state index contributed by atoms with van der Waals surface area (Å²) >= 11 is 1.50. The predicted molar refractivity (Wildman–Crippen MR) is 72.5 cm³/mol. The number of nitrogens with zero attached hydrogens (tertiary/aromatic N) is 2. The summed E-state index contributed by atoms with van der Waals surface area (Å²) < 4.78 is 14.6. The van der Waals surface area contributed by atoms with E-state index in [1.54, 1.807) is 0 Å². The molecular weight excluding hydrogens is 263 g/mol. The maximum atomic E-state index is 13.5. The van der Waals surface area contributed by atoms with E-state index in [1.165, 1.54) is 29.7 Å². The fourth-order valence-corrected chi connectivity index (χ4v) is 2.92. The van der Waals surface area contributed by atoms with E-state index in [-0.39, 0.29) is 12.1 Å². The molecule has 3 rings (SSSR count). The number of thiazole rings is 1. The van der Waals surface area contributed by atoms with Crippen LogP contribution in [0.4, 0.5) is 4.39 Å². The number of halogens is 1. The van der Waals surface area contributed by atoms with E-state index in [0.717, 1.165) is 15.2 Å². The molecule has 96 valence electrons. The van der Waals surface area contributed by atoms with Crippen LogP contribution >= 0.6 is 11.3 Å². The van der Waals surface area contributed by atoms with Crippen molar-refractivity contribution >= 4 is 21.6 Å². The van der Waals surface area contributed by atoms with E-state index in [1.807, 2.05) is 24.3 Å². The first-order valence-electron chi connectivity index (χ1n) is 5.87. The number of rotatable bonds is 3. The second-order valence-corrected chi connectivity index (χ2v) is 5.28. The van der Waals surface area contributed by atoms with Gasteiger partial charge in [-0.1, -0.05) is 12.1 Å². The van der Waals surface area contributed by atoms with Gasteiger partial charge in [-0.15, -0.1) is 11.3 Å². The second kappa shape index (κ2) is 5.03. The lowest BCUT2D eigenvalue weighted by Crippen LogP contribution is -2.06. The molecule has 0 amide bonds. The van der Waals surface area contributed by atoms with E-state index in [9.17, 15) is 9.50 Å². The Labute approximate surface area is 113 Å². The van der Waals surface area contributed by atoms with Crippen molar-refractivity contribution in [2.75, 3.05) is 0 Å². The van der Waals surface area contributed by atoms with Crippen molar-refractivity contribution in [1.82, 2.24) is 9.97 Å². The zero-order chi connectivity index (χ0) is 13.2. The maximum Gasteiger partial charge on any atom is 0.147 e. The number of aromatic nitrogens is 2. The Bertz CT molecular complexity index is 680. The molecule has 0 aliphatic rings. The van der Waals surface area contributed by atoms with E-state index in [2.05, 4.69) is 9.97 Å². The van der Waals surface area contributed by atoms with Crippen molar-refractivity contribution in [1.29, 1.82) is 0 Å². The van der Waals surface area contributed by atoms with Crippen molar-refractivity contribution in [2.45, 2.75) is 12.5 Å². The highest BCUT2D eigenvalue weighted by atomic mass is 32.1. The lowest BCUT2D eigenvalue weighted by molar-refractivity contribution is 0.168. The molecule has 5 heteroatoms. The van der Waals surface area contributed by atoms with Gasteiger partial charge in [0.25, 0.3) is 0 Å². The summed E-state index contributed by atoms with van der Waals surface area (Å²) in [6, 6.07) is 10.6. The smallest absolute Gasteiger partial charge is 0.147 e. The predicted octanol–water partition coefficient (Wildman–Crippen LogP) is 3.11. The first-order valence-corrected chi connectivity index (χ1v) is 6.68. The Hall–Kier alpha value is -1.85. The average Bonchev–Trinajstić information content (AvgIpc) is 2.81. The van der Waals surface area contributed by atoms with Crippen LogP contribution in [0.1, 0.15) is 16.8 Å². The number of benzene rings is 1. The van der Waals surface area contributed by atoms with Gasteiger partial charge in [0.05, 0.1) is 15.2 Å². The van der Waals surface area contributed by atoms with Gasteiger partial charge in [-0.25, -0.2) is 9.37 Å². The minimum atomic E-state index is -0.971. The number of para-hydroxylation sites is 1. The Morgan fingerprint density at radius 3 is 2.84 bits per heavy atom. The van der Waals surface area contributed by atoms with Gasteiger partial charge in [0.2, 0.25) is 0 Å². The highest BCUT2D eigenvalue weighted by Gasteiger charge is 2.16. The van der Waals surface area contributed by atoms with E-state index in [4.69, 9.17) is 0 Å². The SMILES string of the molecule is OC(Cc1nc2ccccc2s1)c1ncccc1F. The average molecular weight is 274 g/mol. The van der Waals surface area contributed by atoms with Crippen molar-refractivity contribution in [3.8, 4) is 0 Å². The lowest BCUT2D eigenvalue weighted by atomic mass is 10.1. The third-order valence-electron chi connectivity index (χ3n) is 2.81. The summed E-state index contributed by atoms with van der Waals surface area (Å²) in [6.07, 6.45) is 0.773. The molecule has 0 bridgehead atoms. The summed E-state index contributed by atoms with van der Waals surface area (Å²) in [5, 5.41) is 10.8. The largest absolute Gasteiger partial charge is 0.386 e. The van der Waals surface area contributed by atoms with Gasteiger partial charge in [0.1, 0.15) is 17.6 Å². The van der Waals surface area contributed by atoms with Crippen LogP contribution in [-0.2, 0) is 6.42 Å². The molecule has 0 spiro atoms. The molecule has 1 atom stereocenters. The van der Waals surface area contributed by atoms with Crippen molar-refractivity contribution in [2.24, 2.45) is 0 Å². The number of fused-ring (bicyclic) bond motifs is 1. The quantitative estimate of drug-likeness (QED) is 0.798. The molecular formula is C14H11FN2OS. The molecule has 0 radical (unpaired) electrons. The fourth-order valence-electron chi connectivity index (χ4n) is 1.91. The van der Waals surface area contributed by atoms with Gasteiger partial charge in [-0.2, -0.15) is 0 Å². The minimum Gasteiger partial charge on any atom is -0.386 e. The molecule has 0 fully saturated rings. The summed E-state index contributed by atoms with van der Waals surface area (Å²) in [5.41, 5.74) is 0.970. The van der Waals surface area contributed by atoms with Gasteiger partial charge in [-0.3, -0.25) is 4.98 Å². The zero-order valence-corrected chi connectivity index (χ0v) is 10.8. The molecule has 3 aromatic rings. The normalized spacial score (nSPS) is 12.7. The molecule has 2 heterocycles. The molecule has 1 aromatic carbocycles. The maximum absolute atomic E-state index is 13.5. The van der Waals surface area contributed by atoms with Gasteiger partial charge >= 0.3 is 0 Å². The Morgan fingerprint density at radius 2 is 2.05 bits per heavy atom. The highest BCUT2D eigenvalue weighted by Crippen LogP contribution is 2.26. The molecule has 0 aliphatic heterocycles. The number of pyridine rings is 1. The van der Waals surface area contributed by atoms with E-state index in [0.29, 0.717) is 0 Å². The van der Waals surface area contributed by atoms with E-state index < -0.39 is 11.9 Å². The number of aliphatic hydroxyl groups is 1. The van der Waals surface area contributed by atoms with Crippen LogP contribution in [0.2, 0.25) is 0 Å². The van der Waals surface area contributed by atoms with Crippen molar-refractivity contribution < 1.29 is 9.50 Å². The third kappa shape index (κ3) is 2.47. The Kier molecular flexibility index (Phi) is 3.23. The fraction of sp³-hybridized carbons (Fsp3) is 0.143. The van der Waals surface area contributed by atoms with Gasteiger partial charge in [0.15, 0.2) is 0 Å². The third-order valence-corrected chi connectivity index (χ3v) is 3.87.